The number of aromatic nitrogens is 1. The molecule has 0 radical (unpaired) electrons. The smallest absolute Gasteiger partial charge is 0.191 e. The van der Waals surface area contributed by atoms with Crippen molar-refractivity contribution in [1.82, 2.24) is 15.6 Å². The SMILES string of the molecule is CN=C(NCc1ccnc(N(C)C)c1)NCc1ccc(C)cc1SC. The highest BCUT2D eigenvalue weighted by Gasteiger charge is 2.05. The number of hydrogen-bond donors (Lipinski definition) is 2. The molecule has 0 atom stereocenters. The van der Waals surface area contributed by atoms with Crippen molar-refractivity contribution in [2.75, 3.05) is 32.3 Å². The third kappa shape index (κ3) is 5.67. The molecule has 0 amide bonds. The Labute approximate surface area is 155 Å². The van der Waals surface area contributed by atoms with Gasteiger partial charge < -0.3 is 15.5 Å². The lowest BCUT2D eigenvalue weighted by molar-refractivity contribution is 0.800. The molecular weight excluding hydrogens is 330 g/mol. The molecule has 5 nitrogen and oxygen atoms in total. The number of rotatable bonds is 6. The summed E-state index contributed by atoms with van der Waals surface area (Å²) in [4.78, 5) is 11.9. The van der Waals surface area contributed by atoms with E-state index < -0.39 is 0 Å². The molecule has 0 saturated heterocycles. The molecule has 134 valence electrons. The Morgan fingerprint density at radius 3 is 2.60 bits per heavy atom. The lowest BCUT2D eigenvalue weighted by Gasteiger charge is -2.15. The molecule has 0 unspecified atom stereocenters. The first-order chi connectivity index (χ1) is 12.0. The first kappa shape index (κ1) is 19.1. The summed E-state index contributed by atoms with van der Waals surface area (Å²) < 4.78 is 0. The van der Waals surface area contributed by atoms with Crippen LogP contribution in [0.3, 0.4) is 0 Å². The van der Waals surface area contributed by atoms with Crippen LogP contribution >= 0.6 is 11.8 Å². The van der Waals surface area contributed by atoms with Crippen molar-refractivity contribution in [3.8, 4) is 0 Å². The van der Waals surface area contributed by atoms with Gasteiger partial charge in [-0.1, -0.05) is 12.1 Å². The molecule has 2 N–H and O–H groups in total. The van der Waals surface area contributed by atoms with E-state index in [0.717, 1.165) is 18.3 Å². The van der Waals surface area contributed by atoms with E-state index in [4.69, 9.17) is 0 Å². The number of nitrogens with one attached hydrogen (secondary N) is 2. The fourth-order valence-electron chi connectivity index (χ4n) is 2.40. The topological polar surface area (TPSA) is 52.6 Å². The van der Waals surface area contributed by atoms with Gasteiger partial charge in [0.2, 0.25) is 0 Å². The molecule has 1 heterocycles. The van der Waals surface area contributed by atoms with Crippen molar-refractivity contribution in [2.24, 2.45) is 4.99 Å². The number of aryl methyl sites for hydroxylation is 1. The van der Waals surface area contributed by atoms with E-state index in [2.05, 4.69) is 58.1 Å². The number of thioether (sulfide) groups is 1. The van der Waals surface area contributed by atoms with Crippen LogP contribution in [0, 0.1) is 6.92 Å². The van der Waals surface area contributed by atoms with Crippen LogP contribution in [0.5, 0.6) is 0 Å². The van der Waals surface area contributed by atoms with Crippen LogP contribution in [0.1, 0.15) is 16.7 Å². The number of nitrogens with zero attached hydrogens (tertiary/aromatic N) is 3. The molecule has 1 aromatic heterocycles. The number of pyridine rings is 1. The Morgan fingerprint density at radius 1 is 1.16 bits per heavy atom. The van der Waals surface area contributed by atoms with E-state index in [-0.39, 0.29) is 0 Å². The van der Waals surface area contributed by atoms with Crippen LogP contribution in [0.4, 0.5) is 5.82 Å². The van der Waals surface area contributed by atoms with Crippen molar-refractivity contribution >= 4 is 23.5 Å². The predicted molar refractivity (Wildman–Crippen MR) is 109 cm³/mol. The Kier molecular flexibility index (Phi) is 7.13. The quantitative estimate of drug-likeness (QED) is 0.473. The lowest BCUT2D eigenvalue weighted by atomic mass is 10.1. The van der Waals surface area contributed by atoms with Crippen molar-refractivity contribution < 1.29 is 0 Å². The molecule has 2 rings (SSSR count). The van der Waals surface area contributed by atoms with Crippen LogP contribution in [0.25, 0.3) is 0 Å². The maximum Gasteiger partial charge on any atom is 0.191 e. The highest BCUT2D eigenvalue weighted by molar-refractivity contribution is 7.98. The van der Waals surface area contributed by atoms with Crippen LogP contribution in [-0.4, -0.2) is 38.3 Å². The number of aliphatic imine (C=N–C) groups is 1. The maximum atomic E-state index is 4.34. The van der Waals surface area contributed by atoms with Gasteiger partial charge in [-0.05, 0) is 48.1 Å². The molecule has 1 aromatic carbocycles. The summed E-state index contributed by atoms with van der Waals surface area (Å²) in [7, 11) is 5.77. The number of guanidine groups is 1. The summed E-state index contributed by atoms with van der Waals surface area (Å²) in [6, 6.07) is 10.6. The van der Waals surface area contributed by atoms with Gasteiger partial charge in [0, 0.05) is 45.3 Å². The normalized spacial score (nSPS) is 11.3. The zero-order valence-corrected chi connectivity index (χ0v) is 16.4. The molecule has 0 saturated carbocycles. The fraction of sp³-hybridized carbons (Fsp3) is 0.368. The van der Waals surface area contributed by atoms with E-state index in [1.54, 1.807) is 18.8 Å². The summed E-state index contributed by atoms with van der Waals surface area (Å²) in [5.41, 5.74) is 3.73. The zero-order valence-electron chi connectivity index (χ0n) is 15.6. The molecule has 25 heavy (non-hydrogen) atoms. The first-order valence-electron chi connectivity index (χ1n) is 8.23. The van der Waals surface area contributed by atoms with Gasteiger partial charge in [0.1, 0.15) is 5.82 Å². The lowest BCUT2D eigenvalue weighted by Crippen LogP contribution is -2.36. The first-order valence-corrected chi connectivity index (χ1v) is 9.46. The zero-order chi connectivity index (χ0) is 18.2. The molecule has 0 fully saturated rings. The average molecular weight is 358 g/mol. The van der Waals surface area contributed by atoms with Gasteiger partial charge in [-0.3, -0.25) is 4.99 Å². The average Bonchev–Trinajstić information content (AvgIpc) is 2.62. The summed E-state index contributed by atoms with van der Waals surface area (Å²) >= 11 is 1.77. The van der Waals surface area contributed by atoms with E-state index in [0.29, 0.717) is 6.54 Å². The van der Waals surface area contributed by atoms with Gasteiger partial charge in [0.05, 0.1) is 0 Å². The second-order valence-corrected chi connectivity index (χ2v) is 6.86. The Bertz CT molecular complexity index is 728. The van der Waals surface area contributed by atoms with Crippen molar-refractivity contribution in [2.45, 2.75) is 24.9 Å². The minimum Gasteiger partial charge on any atom is -0.363 e. The molecule has 0 aliphatic heterocycles. The Hall–Kier alpha value is -2.21. The summed E-state index contributed by atoms with van der Waals surface area (Å²) in [5.74, 6) is 1.74. The summed E-state index contributed by atoms with van der Waals surface area (Å²) in [6.45, 7) is 3.57. The second-order valence-electron chi connectivity index (χ2n) is 6.01. The molecule has 6 heteroatoms. The van der Waals surface area contributed by atoms with Gasteiger partial charge in [-0.2, -0.15) is 0 Å². The minimum atomic E-state index is 0.701. The predicted octanol–water partition coefficient (Wildman–Crippen LogP) is 3.04. The van der Waals surface area contributed by atoms with Crippen molar-refractivity contribution in [3.63, 3.8) is 0 Å². The fourth-order valence-corrected chi connectivity index (χ4v) is 3.10. The van der Waals surface area contributed by atoms with Gasteiger partial charge in [-0.25, -0.2) is 4.98 Å². The van der Waals surface area contributed by atoms with Crippen LogP contribution in [0.2, 0.25) is 0 Å². The van der Waals surface area contributed by atoms with Crippen LogP contribution < -0.4 is 15.5 Å². The monoisotopic (exact) mass is 357 g/mol. The molecule has 0 aliphatic carbocycles. The third-order valence-corrected chi connectivity index (χ3v) is 4.66. The van der Waals surface area contributed by atoms with Crippen LogP contribution in [-0.2, 0) is 13.1 Å². The minimum absolute atomic E-state index is 0.701. The molecular formula is C19H27N5S. The molecule has 0 spiro atoms. The second kappa shape index (κ2) is 9.32. The highest BCUT2D eigenvalue weighted by Crippen LogP contribution is 2.21. The molecule has 0 bridgehead atoms. The standard InChI is InChI=1S/C19H27N5S/c1-14-6-7-16(17(10-14)25-5)13-23-19(20-2)22-12-15-8-9-21-18(11-15)24(3)4/h6-11H,12-13H2,1-5H3,(H2,20,22,23). The van der Waals surface area contributed by atoms with Gasteiger partial charge in [-0.15, -0.1) is 11.8 Å². The number of anilines is 1. The van der Waals surface area contributed by atoms with Crippen LogP contribution in [0.15, 0.2) is 46.4 Å². The third-order valence-electron chi connectivity index (χ3n) is 3.84. The Balaban J connectivity index is 1.94. The largest absolute Gasteiger partial charge is 0.363 e. The number of benzene rings is 1. The number of hydrogen-bond acceptors (Lipinski definition) is 4. The van der Waals surface area contributed by atoms with E-state index >= 15 is 0 Å². The van der Waals surface area contributed by atoms with E-state index in [1.165, 1.54) is 21.6 Å². The maximum absolute atomic E-state index is 4.34. The van der Waals surface area contributed by atoms with E-state index in [9.17, 15) is 0 Å². The highest BCUT2D eigenvalue weighted by atomic mass is 32.2. The van der Waals surface area contributed by atoms with Gasteiger partial charge in [0.25, 0.3) is 0 Å². The molecule has 2 aromatic rings. The van der Waals surface area contributed by atoms with Crippen molar-refractivity contribution in [3.05, 3.63) is 53.2 Å². The Morgan fingerprint density at radius 2 is 1.92 bits per heavy atom. The summed E-state index contributed by atoms with van der Waals surface area (Å²) in [6.07, 6.45) is 3.94. The van der Waals surface area contributed by atoms with Gasteiger partial charge >= 0.3 is 0 Å². The van der Waals surface area contributed by atoms with Crippen molar-refractivity contribution in [1.29, 1.82) is 0 Å². The van der Waals surface area contributed by atoms with Gasteiger partial charge in [0.15, 0.2) is 5.96 Å². The summed E-state index contributed by atoms with van der Waals surface area (Å²) in [5, 5.41) is 6.74. The van der Waals surface area contributed by atoms with E-state index in [1.807, 2.05) is 31.3 Å². The molecule has 0 aliphatic rings.